The molecular weight excluding hydrogens is 268 g/mol. The molecule has 3 nitrogen and oxygen atoms in total. The Hall–Kier alpha value is -1.39. The van der Waals surface area contributed by atoms with Crippen molar-refractivity contribution in [3.63, 3.8) is 0 Å². The maximum absolute atomic E-state index is 5.75. The summed E-state index contributed by atoms with van der Waals surface area (Å²) < 4.78 is 5.75. The molecule has 108 valence electrons. The standard InChI is InChI=1S/C16H22N2OS/c1-3-8-17-11-15-12-18-16(20-15)7-9-19-14-6-4-5-13(2)10-14/h4-6,10,12,17H,3,7-9,11H2,1-2H3. The number of nitrogens with one attached hydrogen (secondary N) is 1. The fourth-order valence-electron chi connectivity index (χ4n) is 1.90. The van der Waals surface area contributed by atoms with Crippen LogP contribution in [0.3, 0.4) is 0 Å². The number of hydrogen-bond acceptors (Lipinski definition) is 4. The van der Waals surface area contributed by atoms with Crippen molar-refractivity contribution in [1.82, 2.24) is 10.3 Å². The molecule has 1 heterocycles. The summed E-state index contributed by atoms with van der Waals surface area (Å²) in [5, 5.41) is 4.54. The summed E-state index contributed by atoms with van der Waals surface area (Å²) >= 11 is 1.77. The van der Waals surface area contributed by atoms with Gasteiger partial charge in [0.2, 0.25) is 0 Å². The maximum atomic E-state index is 5.75. The normalized spacial score (nSPS) is 10.7. The van der Waals surface area contributed by atoms with Crippen molar-refractivity contribution in [2.24, 2.45) is 0 Å². The van der Waals surface area contributed by atoms with Crippen LogP contribution in [0.15, 0.2) is 30.5 Å². The average molecular weight is 290 g/mol. The average Bonchev–Trinajstić information content (AvgIpc) is 2.87. The SMILES string of the molecule is CCCNCc1cnc(CCOc2cccc(C)c2)s1. The smallest absolute Gasteiger partial charge is 0.119 e. The van der Waals surface area contributed by atoms with Gasteiger partial charge in [0.05, 0.1) is 11.6 Å². The highest BCUT2D eigenvalue weighted by Crippen LogP contribution is 2.15. The number of rotatable bonds is 8. The first-order chi connectivity index (χ1) is 9.78. The first kappa shape index (κ1) is 15.0. The second kappa shape index (κ2) is 8.02. The van der Waals surface area contributed by atoms with Gasteiger partial charge in [-0.05, 0) is 37.6 Å². The van der Waals surface area contributed by atoms with Crippen molar-refractivity contribution in [3.8, 4) is 5.75 Å². The largest absolute Gasteiger partial charge is 0.493 e. The number of hydrogen-bond donors (Lipinski definition) is 1. The van der Waals surface area contributed by atoms with Crippen molar-refractivity contribution in [1.29, 1.82) is 0 Å². The van der Waals surface area contributed by atoms with E-state index in [9.17, 15) is 0 Å². The van der Waals surface area contributed by atoms with Crippen LogP contribution in [0.5, 0.6) is 5.75 Å². The summed E-state index contributed by atoms with van der Waals surface area (Å²) in [5.41, 5.74) is 1.22. The summed E-state index contributed by atoms with van der Waals surface area (Å²) in [6.45, 7) is 6.91. The Morgan fingerprint density at radius 1 is 1.35 bits per heavy atom. The lowest BCUT2D eigenvalue weighted by Crippen LogP contribution is -2.12. The molecule has 0 aliphatic rings. The molecule has 0 bridgehead atoms. The molecule has 20 heavy (non-hydrogen) atoms. The topological polar surface area (TPSA) is 34.2 Å². The first-order valence-electron chi connectivity index (χ1n) is 7.11. The predicted molar refractivity (Wildman–Crippen MR) is 84.5 cm³/mol. The lowest BCUT2D eigenvalue weighted by atomic mass is 10.2. The molecule has 1 aromatic carbocycles. The van der Waals surface area contributed by atoms with Gasteiger partial charge in [0, 0.05) is 24.0 Å². The second-order valence-corrected chi connectivity index (χ2v) is 6.01. The Morgan fingerprint density at radius 3 is 3.05 bits per heavy atom. The van der Waals surface area contributed by atoms with E-state index in [-0.39, 0.29) is 0 Å². The number of thiazole rings is 1. The molecule has 1 aromatic heterocycles. The predicted octanol–water partition coefficient (Wildman–Crippen LogP) is 3.57. The Labute approximate surface area is 125 Å². The van der Waals surface area contributed by atoms with Gasteiger partial charge in [-0.3, -0.25) is 0 Å². The van der Waals surface area contributed by atoms with E-state index in [0.717, 1.165) is 36.7 Å². The number of ether oxygens (including phenoxy) is 1. The van der Waals surface area contributed by atoms with Crippen LogP contribution in [0, 0.1) is 6.92 Å². The van der Waals surface area contributed by atoms with Gasteiger partial charge in [-0.25, -0.2) is 4.98 Å². The van der Waals surface area contributed by atoms with Crippen LogP contribution < -0.4 is 10.1 Å². The number of aryl methyl sites for hydroxylation is 1. The van der Waals surface area contributed by atoms with Crippen molar-refractivity contribution in [2.45, 2.75) is 33.2 Å². The molecule has 0 aliphatic carbocycles. The molecule has 4 heteroatoms. The van der Waals surface area contributed by atoms with Crippen molar-refractivity contribution >= 4 is 11.3 Å². The molecule has 0 saturated carbocycles. The molecular formula is C16H22N2OS. The van der Waals surface area contributed by atoms with Gasteiger partial charge >= 0.3 is 0 Å². The minimum absolute atomic E-state index is 0.679. The number of nitrogens with zero attached hydrogens (tertiary/aromatic N) is 1. The maximum Gasteiger partial charge on any atom is 0.119 e. The van der Waals surface area contributed by atoms with Crippen molar-refractivity contribution in [3.05, 3.63) is 45.9 Å². The lowest BCUT2D eigenvalue weighted by molar-refractivity contribution is 0.321. The third-order valence-corrected chi connectivity index (χ3v) is 3.96. The van der Waals surface area contributed by atoms with E-state index < -0.39 is 0 Å². The molecule has 0 amide bonds. The van der Waals surface area contributed by atoms with Crippen LogP contribution in [0.25, 0.3) is 0 Å². The molecule has 0 unspecified atom stereocenters. The molecule has 2 rings (SSSR count). The van der Waals surface area contributed by atoms with E-state index in [1.54, 1.807) is 11.3 Å². The van der Waals surface area contributed by atoms with Crippen LogP contribution in [0.2, 0.25) is 0 Å². The third-order valence-electron chi connectivity index (χ3n) is 2.90. The monoisotopic (exact) mass is 290 g/mol. The summed E-state index contributed by atoms with van der Waals surface area (Å²) in [7, 11) is 0. The van der Waals surface area contributed by atoms with Gasteiger partial charge in [0.15, 0.2) is 0 Å². The Bertz CT molecular complexity index is 525. The van der Waals surface area contributed by atoms with E-state index in [0.29, 0.717) is 6.61 Å². The lowest BCUT2D eigenvalue weighted by Gasteiger charge is -2.05. The summed E-state index contributed by atoms with van der Waals surface area (Å²) in [5.74, 6) is 0.936. The highest BCUT2D eigenvalue weighted by Gasteiger charge is 2.02. The van der Waals surface area contributed by atoms with E-state index >= 15 is 0 Å². The minimum Gasteiger partial charge on any atom is -0.493 e. The molecule has 0 radical (unpaired) electrons. The molecule has 0 atom stereocenters. The highest BCUT2D eigenvalue weighted by molar-refractivity contribution is 7.11. The van der Waals surface area contributed by atoms with Crippen LogP contribution >= 0.6 is 11.3 Å². The minimum atomic E-state index is 0.679. The molecule has 1 N–H and O–H groups in total. The zero-order chi connectivity index (χ0) is 14.2. The Balaban J connectivity index is 1.74. The Kier molecular flexibility index (Phi) is 6.02. The van der Waals surface area contributed by atoms with Gasteiger partial charge in [-0.1, -0.05) is 19.1 Å². The molecule has 0 spiro atoms. The molecule has 0 fully saturated rings. The second-order valence-electron chi connectivity index (χ2n) is 4.81. The fraction of sp³-hybridized carbons (Fsp3) is 0.438. The number of aromatic nitrogens is 1. The van der Waals surface area contributed by atoms with Gasteiger partial charge < -0.3 is 10.1 Å². The molecule has 0 saturated heterocycles. The van der Waals surface area contributed by atoms with Crippen LogP contribution in [0.4, 0.5) is 0 Å². The first-order valence-corrected chi connectivity index (χ1v) is 7.93. The van der Waals surface area contributed by atoms with Gasteiger partial charge in [-0.15, -0.1) is 11.3 Å². The third kappa shape index (κ3) is 4.94. The zero-order valence-electron chi connectivity index (χ0n) is 12.2. The fourth-order valence-corrected chi connectivity index (χ4v) is 2.77. The quantitative estimate of drug-likeness (QED) is 0.755. The highest BCUT2D eigenvalue weighted by atomic mass is 32.1. The van der Waals surface area contributed by atoms with E-state index in [2.05, 4.69) is 36.3 Å². The van der Waals surface area contributed by atoms with Crippen molar-refractivity contribution < 1.29 is 4.74 Å². The summed E-state index contributed by atoms with van der Waals surface area (Å²) in [4.78, 5) is 5.74. The van der Waals surface area contributed by atoms with Crippen LogP contribution in [0.1, 0.15) is 28.8 Å². The molecule has 0 aliphatic heterocycles. The van der Waals surface area contributed by atoms with E-state index in [4.69, 9.17) is 4.74 Å². The van der Waals surface area contributed by atoms with E-state index in [1.165, 1.54) is 10.4 Å². The molecule has 2 aromatic rings. The van der Waals surface area contributed by atoms with Crippen LogP contribution in [-0.4, -0.2) is 18.1 Å². The van der Waals surface area contributed by atoms with Crippen molar-refractivity contribution in [2.75, 3.05) is 13.2 Å². The van der Waals surface area contributed by atoms with Gasteiger partial charge in [-0.2, -0.15) is 0 Å². The van der Waals surface area contributed by atoms with Gasteiger partial charge in [0.25, 0.3) is 0 Å². The summed E-state index contributed by atoms with van der Waals surface area (Å²) in [6, 6.07) is 8.14. The summed E-state index contributed by atoms with van der Waals surface area (Å²) in [6.07, 6.45) is 4.00. The Morgan fingerprint density at radius 2 is 2.25 bits per heavy atom. The van der Waals surface area contributed by atoms with Crippen LogP contribution in [-0.2, 0) is 13.0 Å². The van der Waals surface area contributed by atoms with Gasteiger partial charge in [0.1, 0.15) is 5.75 Å². The number of benzene rings is 1. The zero-order valence-corrected chi connectivity index (χ0v) is 13.0. The van der Waals surface area contributed by atoms with E-state index in [1.807, 2.05) is 18.3 Å².